The summed E-state index contributed by atoms with van der Waals surface area (Å²) in [7, 11) is 1.94. The van der Waals surface area contributed by atoms with Crippen LogP contribution in [0.15, 0.2) is 12.3 Å². The third kappa shape index (κ3) is 2.40. The van der Waals surface area contributed by atoms with E-state index >= 15 is 0 Å². The highest BCUT2D eigenvalue weighted by Gasteiger charge is 1.95. The molecular weight excluding hydrogens is 150 g/mol. The van der Waals surface area contributed by atoms with Crippen LogP contribution in [0.3, 0.4) is 0 Å². The molecule has 0 fully saturated rings. The van der Waals surface area contributed by atoms with Gasteiger partial charge in [0, 0.05) is 31.9 Å². The lowest BCUT2D eigenvalue weighted by molar-refractivity contribution is 0.671. The predicted molar refractivity (Wildman–Crippen MR) is 48.6 cm³/mol. The maximum Gasteiger partial charge on any atom is 0.0573 e. The monoisotopic (exact) mass is 163 g/mol. The number of nitrogens with one attached hydrogen (secondary N) is 1. The predicted octanol–water partition coefficient (Wildman–Crippen LogP) is 0.185. The number of aryl methyl sites for hydroxylation is 1. The van der Waals surface area contributed by atoms with E-state index in [0.717, 1.165) is 13.0 Å². The van der Waals surface area contributed by atoms with Crippen molar-refractivity contribution in [2.45, 2.75) is 6.42 Å². The fourth-order valence-electron chi connectivity index (χ4n) is 1.02. The van der Waals surface area contributed by atoms with Crippen LogP contribution in [-0.2, 0) is 13.5 Å². The Balaban J connectivity index is 2.25. The first-order valence-corrected chi connectivity index (χ1v) is 3.95. The van der Waals surface area contributed by atoms with Gasteiger partial charge in [0.15, 0.2) is 0 Å². The van der Waals surface area contributed by atoms with Gasteiger partial charge >= 0.3 is 0 Å². The van der Waals surface area contributed by atoms with Crippen molar-refractivity contribution in [1.29, 1.82) is 0 Å². The third-order valence-corrected chi connectivity index (χ3v) is 1.71. The molecule has 3 heteroatoms. The summed E-state index contributed by atoms with van der Waals surface area (Å²) in [6.07, 6.45) is 7.86. The summed E-state index contributed by atoms with van der Waals surface area (Å²) < 4.78 is 1.87. The van der Waals surface area contributed by atoms with Crippen LogP contribution in [0.2, 0.25) is 0 Å². The lowest BCUT2D eigenvalue weighted by Gasteiger charge is -2.01. The van der Waals surface area contributed by atoms with Crippen LogP contribution in [0.4, 0.5) is 0 Å². The van der Waals surface area contributed by atoms with E-state index in [4.69, 9.17) is 6.42 Å². The molecule has 0 radical (unpaired) electrons. The molecule has 0 aliphatic rings. The molecule has 0 aromatic carbocycles. The molecule has 0 aliphatic heterocycles. The lowest BCUT2D eigenvalue weighted by atomic mass is 10.3. The number of rotatable bonds is 4. The Hall–Kier alpha value is -1.27. The standard InChI is InChI=1S/C9H13N3/c1-3-6-10-7-4-9-5-8-11-12(9)2/h1,5,8,10H,4,6-7H2,2H3. The highest BCUT2D eigenvalue weighted by atomic mass is 15.3. The van der Waals surface area contributed by atoms with Gasteiger partial charge in [0.05, 0.1) is 6.54 Å². The second-order valence-electron chi connectivity index (χ2n) is 2.58. The zero-order valence-electron chi connectivity index (χ0n) is 7.25. The van der Waals surface area contributed by atoms with Gasteiger partial charge < -0.3 is 5.32 Å². The minimum Gasteiger partial charge on any atom is -0.306 e. The molecule has 3 nitrogen and oxygen atoms in total. The number of nitrogens with zero attached hydrogens (tertiary/aromatic N) is 2. The Morgan fingerprint density at radius 1 is 1.75 bits per heavy atom. The minimum absolute atomic E-state index is 0.637. The molecule has 1 rings (SSSR count). The molecule has 1 aromatic rings. The normalized spacial score (nSPS) is 9.67. The molecule has 1 heterocycles. The zero-order valence-corrected chi connectivity index (χ0v) is 7.25. The number of aromatic nitrogens is 2. The van der Waals surface area contributed by atoms with Crippen molar-refractivity contribution in [2.24, 2.45) is 7.05 Å². The first-order chi connectivity index (χ1) is 5.84. The van der Waals surface area contributed by atoms with Gasteiger partial charge in [-0.2, -0.15) is 5.10 Å². The summed E-state index contributed by atoms with van der Waals surface area (Å²) in [4.78, 5) is 0. The van der Waals surface area contributed by atoms with E-state index in [1.54, 1.807) is 6.20 Å². The van der Waals surface area contributed by atoms with Gasteiger partial charge in [-0.15, -0.1) is 6.42 Å². The van der Waals surface area contributed by atoms with Gasteiger partial charge in [-0.25, -0.2) is 0 Å². The molecule has 0 saturated heterocycles. The smallest absolute Gasteiger partial charge is 0.0573 e. The number of hydrogen-bond donors (Lipinski definition) is 1. The number of hydrogen-bond acceptors (Lipinski definition) is 2. The molecule has 0 saturated carbocycles. The summed E-state index contributed by atoms with van der Waals surface area (Å²) in [5.74, 6) is 2.53. The molecule has 0 unspecified atom stereocenters. The van der Waals surface area contributed by atoms with Crippen molar-refractivity contribution in [3.63, 3.8) is 0 Å². The van der Waals surface area contributed by atoms with Gasteiger partial charge in [0.2, 0.25) is 0 Å². The van der Waals surface area contributed by atoms with Crippen molar-refractivity contribution in [3.8, 4) is 12.3 Å². The maximum absolute atomic E-state index is 5.09. The molecule has 0 bridgehead atoms. The molecule has 1 N–H and O–H groups in total. The summed E-state index contributed by atoms with van der Waals surface area (Å²) in [5.41, 5.74) is 1.22. The SMILES string of the molecule is C#CCNCCc1ccnn1C. The molecule has 0 atom stereocenters. The summed E-state index contributed by atoms with van der Waals surface area (Å²) in [6.45, 7) is 1.54. The molecule has 12 heavy (non-hydrogen) atoms. The highest BCUT2D eigenvalue weighted by Crippen LogP contribution is 1.95. The fraction of sp³-hybridized carbons (Fsp3) is 0.444. The second-order valence-corrected chi connectivity index (χ2v) is 2.58. The van der Waals surface area contributed by atoms with E-state index in [9.17, 15) is 0 Å². The van der Waals surface area contributed by atoms with Crippen molar-refractivity contribution in [1.82, 2.24) is 15.1 Å². The topological polar surface area (TPSA) is 29.9 Å². The lowest BCUT2D eigenvalue weighted by Crippen LogP contribution is -2.18. The molecule has 0 amide bonds. The first kappa shape index (κ1) is 8.82. The van der Waals surface area contributed by atoms with Crippen LogP contribution in [0.25, 0.3) is 0 Å². The number of terminal acetylenes is 1. The van der Waals surface area contributed by atoms with Crippen molar-refractivity contribution in [2.75, 3.05) is 13.1 Å². The molecule has 64 valence electrons. The van der Waals surface area contributed by atoms with Crippen LogP contribution < -0.4 is 5.32 Å². The van der Waals surface area contributed by atoms with Crippen LogP contribution in [0.1, 0.15) is 5.69 Å². The van der Waals surface area contributed by atoms with Gasteiger partial charge in [-0.05, 0) is 6.07 Å². The van der Waals surface area contributed by atoms with Gasteiger partial charge in [-0.1, -0.05) is 5.92 Å². The second kappa shape index (κ2) is 4.58. The van der Waals surface area contributed by atoms with Crippen molar-refractivity contribution in [3.05, 3.63) is 18.0 Å². The Kier molecular flexibility index (Phi) is 3.36. The highest BCUT2D eigenvalue weighted by molar-refractivity contribution is 5.00. The van der Waals surface area contributed by atoms with Crippen molar-refractivity contribution < 1.29 is 0 Å². The third-order valence-electron chi connectivity index (χ3n) is 1.71. The van der Waals surface area contributed by atoms with E-state index < -0.39 is 0 Å². The summed E-state index contributed by atoms with van der Waals surface area (Å²) >= 11 is 0. The summed E-state index contributed by atoms with van der Waals surface area (Å²) in [6, 6.07) is 2.01. The van der Waals surface area contributed by atoms with Gasteiger partial charge in [-0.3, -0.25) is 4.68 Å². The van der Waals surface area contributed by atoms with Gasteiger partial charge in [0.25, 0.3) is 0 Å². The first-order valence-electron chi connectivity index (χ1n) is 3.95. The van der Waals surface area contributed by atoms with Crippen LogP contribution in [-0.4, -0.2) is 22.9 Å². The van der Waals surface area contributed by atoms with E-state index in [0.29, 0.717) is 6.54 Å². The quantitative estimate of drug-likeness (QED) is 0.507. The van der Waals surface area contributed by atoms with Crippen LogP contribution in [0, 0.1) is 12.3 Å². The molecule has 0 spiro atoms. The van der Waals surface area contributed by atoms with E-state index in [-0.39, 0.29) is 0 Å². The Labute approximate surface area is 72.8 Å². The average molecular weight is 163 g/mol. The molecular formula is C9H13N3. The largest absolute Gasteiger partial charge is 0.306 e. The molecule has 0 aliphatic carbocycles. The molecule has 1 aromatic heterocycles. The van der Waals surface area contributed by atoms with E-state index in [1.807, 2.05) is 17.8 Å². The zero-order chi connectivity index (χ0) is 8.81. The van der Waals surface area contributed by atoms with Gasteiger partial charge in [0.1, 0.15) is 0 Å². The fourth-order valence-corrected chi connectivity index (χ4v) is 1.02. The van der Waals surface area contributed by atoms with Crippen LogP contribution in [0.5, 0.6) is 0 Å². The Bertz CT molecular complexity index is 270. The van der Waals surface area contributed by atoms with E-state index in [2.05, 4.69) is 16.3 Å². The van der Waals surface area contributed by atoms with Crippen molar-refractivity contribution >= 4 is 0 Å². The van der Waals surface area contributed by atoms with Crippen LogP contribution >= 0.6 is 0 Å². The minimum atomic E-state index is 0.637. The Morgan fingerprint density at radius 3 is 3.17 bits per heavy atom. The Morgan fingerprint density at radius 2 is 2.58 bits per heavy atom. The summed E-state index contributed by atoms with van der Waals surface area (Å²) in [5, 5.41) is 7.19. The average Bonchev–Trinajstić information content (AvgIpc) is 2.46. The maximum atomic E-state index is 5.09. The van der Waals surface area contributed by atoms with E-state index in [1.165, 1.54) is 5.69 Å².